The van der Waals surface area contributed by atoms with E-state index in [1.165, 1.54) is 18.5 Å². The summed E-state index contributed by atoms with van der Waals surface area (Å²) in [5.41, 5.74) is 6.52. The van der Waals surface area contributed by atoms with Gasteiger partial charge in [-0.3, -0.25) is 0 Å². The predicted octanol–water partition coefficient (Wildman–Crippen LogP) is 4.26. The first-order chi connectivity index (χ1) is 14.5. The summed E-state index contributed by atoms with van der Waals surface area (Å²) in [6.45, 7) is 7.79. The molecule has 0 unspecified atom stereocenters. The maximum Gasteiger partial charge on any atom is 0.230 e. The Labute approximate surface area is 175 Å². The molecule has 0 bridgehead atoms. The summed E-state index contributed by atoms with van der Waals surface area (Å²) in [4.78, 5) is 10.8. The van der Waals surface area contributed by atoms with Gasteiger partial charge in [-0.15, -0.1) is 0 Å². The Morgan fingerprint density at radius 1 is 1.03 bits per heavy atom. The van der Waals surface area contributed by atoms with Crippen LogP contribution in [0.5, 0.6) is 23.1 Å². The van der Waals surface area contributed by atoms with Crippen molar-refractivity contribution in [1.82, 2.24) is 14.9 Å². The van der Waals surface area contributed by atoms with Crippen LogP contribution in [0.3, 0.4) is 0 Å². The van der Waals surface area contributed by atoms with Crippen molar-refractivity contribution in [3.05, 3.63) is 42.5 Å². The molecule has 2 aromatic carbocycles. The van der Waals surface area contributed by atoms with Crippen LogP contribution in [0, 0.1) is 5.82 Å². The van der Waals surface area contributed by atoms with Gasteiger partial charge in [0.25, 0.3) is 0 Å². The summed E-state index contributed by atoms with van der Waals surface area (Å²) >= 11 is 0. The highest BCUT2D eigenvalue weighted by Gasteiger charge is 2.15. The van der Waals surface area contributed by atoms with Crippen molar-refractivity contribution >= 4 is 16.6 Å². The van der Waals surface area contributed by atoms with Crippen LogP contribution in [0.1, 0.15) is 20.3 Å². The Hall–Kier alpha value is -3.13. The number of fused-ring (bicyclic) bond motifs is 1. The lowest BCUT2D eigenvalue weighted by atomic mass is 10.2. The second-order valence-electron chi connectivity index (χ2n) is 6.72. The molecule has 0 aliphatic carbocycles. The summed E-state index contributed by atoms with van der Waals surface area (Å²) < 4.78 is 31.3. The van der Waals surface area contributed by atoms with E-state index in [2.05, 4.69) is 28.7 Å². The molecular weight excluding hydrogens is 387 g/mol. The molecule has 0 amide bonds. The molecule has 0 saturated carbocycles. The van der Waals surface area contributed by atoms with E-state index in [-0.39, 0.29) is 11.6 Å². The third kappa shape index (κ3) is 5.07. The molecule has 0 fully saturated rings. The number of nitrogen functional groups attached to an aromatic ring is 1. The fourth-order valence-electron chi connectivity index (χ4n) is 3.11. The number of aromatic nitrogens is 2. The lowest BCUT2D eigenvalue weighted by molar-refractivity contribution is 0.243. The van der Waals surface area contributed by atoms with Crippen LogP contribution < -0.4 is 19.9 Å². The highest BCUT2D eigenvalue weighted by Crippen LogP contribution is 2.36. The van der Waals surface area contributed by atoms with Gasteiger partial charge in [0.15, 0.2) is 23.1 Å². The lowest BCUT2D eigenvalue weighted by Crippen LogP contribution is -2.25. The highest BCUT2D eigenvalue weighted by atomic mass is 19.1. The minimum atomic E-state index is -0.567. The van der Waals surface area contributed by atoms with Crippen LogP contribution in [0.4, 0.5) is 10.1 Å². The van der Waals surface area contributed by atoms with E-state index in [9.17, 15) is 4.39 Å². The number of hydrogen-bond donors (Lipinski definition) is 1. The van der Waals surface area contributed by atoms with Gasteiger partial charge in [0, 0.05) is 24.4 Å². The van der Waals surface area contributed by atoms with Crippen LogP contribution in [0.15, 0.2) is 36.7 Å². The number of halogens is 1. The van der Waals surface area contributed by atoms with Crippen LogP contribution >= 0.6 is 0 Å². The fourth-order valence-corrected chi connectivity index (χ4v) is 3.11. The molecule has 7 nitrogen and oxygen atoms in total. The zero-order valence-electron chi connectivity index (χ0n) is 17.5. The first-order valence-electron chi connectivity index (χ1n) is 9.96. The Bertz CT molecular complexity index is 996. The average molecular weight is 414 g/mol. The number of rotatable bonds is 10. The molecule has 3 aromatic rings. The van der Waals surface area contributed by atoms with Crippen molar-refractivity contribution < 1.29 is 18.6 Å². The number of hydrogen-bond acceptors (Lipinski definition) is 7. The van der Waals surface area contributed by atoms with Crippen molar-refractivity contribution in [3.8, 4) is 23.1 Å². The summed E-state index contributed by atoms with van der Waals surface area (Å²) in [7, 11) is 1.58. The van der Waals surface area contributed by atoms with Gasteiger partial charge in [0.2, 0.25) is 5.88 Å². The first kappa shape index (κ1) is 21.6. The van der Waals surface area contributed by atoms with Gasteiger partial charge in [-0.1, -0.05) is 13.8 Å². The van der Waals surface area contributed by atoms with E-state index >= 15 is 0 Å². The number of nitrogens with two attached hydrogens (primary N) is 1. The van der Waals surface area contributed by atoms with Crippen LogP contribution in [0.2, 0.25) is 0 Å². The van der Waals surface area contributed by atoms with Gasteiger partial charge in [-0.05, 0) is 37.7 Å². The van der Waals surface area contributed by atoms with E-state index < -0.39 is 5.82 Å². The molecule has 1 aromatic heterocycles. The van der Waals surface area contributed by atoms with E-state index in [0.29, 0.717) is 34.7 Å². The number of methoxy groups -OCH3 is 1. The molecule has 160 valence electrons. The molecule has 0 atom stereocenters. The molecule has 0 aliphatic rings. The third-order valence-electron chi connectivity index (χ3n) is 4.82. The average Bonchev–Trinajstić information content (AvgIpc) is 2.75. The SMILES string of the molecule is CCN(CC)CCCOc1cc2c(Oc3ccc(N)cc3F)ncnc2cc1OC. The molecule has 0 aliphatic heterocycles. The topological polar surface area (TPSA) is 82.7 Å². The van der Waals surface area contributed by atoms with E-state index in [0.717, 1.165) is 26.1 Å². The van der Waals surface area contributed by atoms with Crippen molar-refractivity contribution in [3.63, 3.8) is 0 Å². The first-order valence-corrected chi connectivity index (χ1v) is 9.96. The maximum absolute atomic E-state index is 14.2. The Kier molecular flexibility index (Phi) is 7.24. The molecule has 0 saturated heterocycles. The van der Waals surface area contributed by atoms with Gasteiger partial charge in [0.05, 0.1) is 24.6 Å². The smallest absolute Gasteiger partial charge is 0.230 e. The summed E-state index contributed by atoms with van der Waals surface area (Å²) in [6.07, 6.45) is 2.24. The largest absolute Gasteiger partial charge is 0.493 e. The Morgan fingerprint density at radius 3 is 2.53 bits per heavy atom. The standard InChI is InChI=1S/C22H27FN4O3/c1-4-27(5-2)9-6-10-29-21-12-16-18(13-20(21)28-3)25-14-26-22(16)30-19-8-7-15(24)11-17(19)23/h7-8,11-14H,4-6,9-10,24H2,1-3H3. The number of nitrogens with zero attached hydrogens (tertiary/aromatic N) is 3. The molecule has 0 spiro atoms. The van der Waals surface area contributed by atoms with Gasteiger partial charge in [0.1, 0.15) is 6.33 Å². The molecule has 1 heterocycles. The zero-order valence-corrected chi connectivity index (χ0v) is 17.5. The van der Waals surface area contributed by atoms with Gasteiger partial charge < -0.3 is 24.8 Å². The molecule has 3 rings (SSSR count). The van der Waals surface area contributed by atoms with Gasteiger partial charge in [-0.2, -0.15) is 0 Å². The maximum atomic E-state index is 14.2. The minimum Gasteiger partial charge on any atom is -0.493 e. The molecule has 0 radical (unpaired) electrons. The zero-order chi connectivity index (χ0) is 21.5. The second kappa shape index (κ2) is 10.1. The van der Waals surface area contributed by atoms with Gasteiger partial charge in [-0.25, -0.2) is 14.4 Å². The molecule has 30 heavy (non-hydrogen) atoms. The predicted molar refractivity (Wildman–Crippen MR) is 115 cm³/mol. The number of anilines is 1. The van der Waals surface area contributed by atoms with Crippen molar-refractivity contribution in [2.45, 2.75) is 20.3 Å². The Balaban J connectivity index is 1.84. The minimum absolute atomic E-state index is 0.0294. The molecule has 8 heteroatoms. The van der Waals surface area contributed by atoms with Crippen molar-refractivity contribution in [2.24, 2.45) is 0 Å². The second-order valence-corrected chi connectivity index (χ2v) is 6.72. The number of benzene rings is 2. The Morgan fingerprint density at radius 2 is 1.83 bits per heavy atom. The summed E-state index contributed by atoms with van der Waals surface area (Å²) in [5.74, 6) is 0.805. The molecular formula is C22H27FN4O3. The molecule has 2 N–H and O–H groups in total. The third-order valence-corrected chi connectivity index (χ3v) is 4.82. The number of ether oxygens (including phenoxy) is 3. The van der Waals surface area contributed by atoms with Crippen LogP contribution in [-0.4, -0.2) is 48.2 Å². The van der Waals surface area contributed by atoms with Crippen LogP contribution in [-0.2, 0) is 0 Å². The quantitative estimate of drug-likeness (QED) is 0.392. The highest BCUT2D eigenvalue weighted by molar-refractivity contribution is 5.87. The van der Waals surface area contributed by atoms with E-state index in [4.69, 9.17) is 19.9 Å². The van der Waals surface area contributed by atoms with Gasteiger partial charge >= 0.3 is 0 Å². The van der Waals surface area contributed by atoms with Crippen molar-refractivity contribution in [1.29, 1.82) is 0 Å². The van der Waals surface area contributed by atoms with Crippen molar-refractivity contribution in [2.75, 3.05) is 39.1 Å². The lowest BCUT2D eigenvalue weighted by Gasteiger charge is -2.18. The van der Waals surface area contributed by atoms with E-state index in [1.54, 1.807) is 25.3 Å². The summed E-state index contributed by atoms with van der Waals surface area (Å²) in [6, 6.07) is 7.74. The summed E-state index contributed by atoms with van der Waals surface area (Å²) in [5, 5.41) is 0.591. The fraction of sp³-hybridized carbons (Fsp3) is 0.364. The monoisotopic (exact) mass is 414 g/mol. The normalized spacial score (nSPS) is 11.1. The van der Waals surface area contributed by atoms with E-state index in [1.807, 2.05) is 0 Å². The van der Waals surface area contributed by atoms with Crippen LogP contribution in [0.25, 0.3) is 10.9 Å².